The number of halogens is 3. The predicted octanol–water partition coefficient (Wildman–Crippen LogP) is 4.32. The highest BCUT2D eigenvalue weighted by Crippen LogP contribution is 2.34. The van der Waals surface area contributed by atoms with E-state index in [1.807, 2.05) is 0 Å². The molecular weight excluding hydrogens is 293 g/mol. The van der Waals surface area contributed by atoms with E-state index in [0.717, 1.165) is 16.9 Å². The van der Waals surface area contributed by atoms with Crippen molar-refractivity contribution in [2.45, 2.75) is 13.3 Å². The lowest BCUT2D eigenvalue weighted by Gasteiger charge is -2.09. The van der Waals surface area contributed by atoms with Gasteiger partial charge in [0.1, 0.15) is 10.6 Å². The molecule has 0 aliphatic heterocycles. The standard InChI is InChI=1S/C13H9F3O3S/c1-7-6-10(12(17)18)20-11(7)8-2-4-9(5-3-8)19-13(14,15)16/h2-6H,1H3,(H,17,18). The van der Waals surface area contributed by atoms with E-state index in [0.29, 0.717) is 10.4 Å². The van der Waals surface area contributed by atoms with Gasteiger partial charge >= 0.3 is 12.3 Å². The molecule has 0 fully saturated rings. The van der Waals surface area contributed by atoms with Crippen molar-refractivity contribution in [3.63, 3.8) is 0 Å². The second-order valence-corrected chi connectivity index (χ2v) is 5.05. The van der Waals surface area contributed by atoms with Crippen molar-refractivity contribution < 1.29 is 27.8 Å². The molecule has 20 heavy (non-hydrogen) atoms. The van der Waals surface area contributed by atoms with Crippen molar-refractivity contribution in [2.24, 2.45) is 0 Å². The Morgan fingerprint density at radius 1 is 1.25 bits per heavy atom. The third-order valence-electron chi connectivity index (χ3n) is 2.48. The van der Waals surface area contributed by atoms with Crippen LogP contribution in [-0.2, 0) is 0 Å². The second kappa shape index (κ2) is 5.16. The molecule has 0 bridgehead atoms. The quantitative estimate of drug-likeness (QED) is 0.918. The fourth-order valence-electron chi connectivity index (χ4n) is 1.68. The maximum absolute atomic E-state index is 12.0. The molecule has 0 atom stereocenters. The fourth-order valence-corrected chi connectivity index (χ4v) is 2.70. The Hall–Kier alpha value is -2.02. The third kappa shape index (κ3) is 3.30. The molecule has 0 amide bonds. The summed E-state index contributed by atoms with van der Waals surface area (Å²) in [6, 6.07) is 6.85. The van der Waals surface area contributed by atoms with Crippen molar-refractivity contribution in [3.8, 4) is 16.2 Å². The minimum absolute atomic E-state index is 0.188. The van der Waals surface area contributed by atoms with Gasteiger partial charge in [-0.05, 0) is 48.4 Å². The first-order valence-electron chi connectivity index (χ1n) is 5.46. The minimum Gasteiger partial charge on any atom is -0.477 e. The number of ether oxygens (including phenoxy) is 1. The summed E-state index contributed by atoms with van der Waals surface area (Å²) >= 11 is 1.08. The van der Waals surface area contributed by atoms with Crippen molar-refractivity contribution >= 4 is 17.3 Å². The summed E-state index contributed by atoms with van der Waals surface area (Å²) in [6.45, 7) is 1.75. The highest BCUT2D eigenvalue weighted by Gasteiger charge is 2.31. The number of carbonyl (C=O) groups is 1. The Kier molecular flexibility index (Phi) is 3.71. The lowest BCUT2D eigenvalue weighted by atomic mass is 10.1. The number of benzene rings is 1. The largest absolute Gasteiger partial charge is 0.573 e. The summed E-state index contributed by atoms with van der Waals surface area (Å²) in [5, 5.41) is 8.91. The van der Waals surface area contributed by atoms with Crippen molar-refractivity contribution in [2.75, 3.05) is 0 Å². The van der Waals surface area contributed by atoms with Gasteiger partial charge in [0, 0.05) is 4.88 Å². The van der Waals surface area contributed by atoms with E-state index >= 15 is 0 Å². The molecule has 0 aliphatic rings. The number of alkyl halides is 3. The molecule has 1 aromatic carbocycles. The van der Waals surface area contributed by atoms with E-state index in [-0.39, 0.29) is 10.6 Å². The van der Waals surface area contributed by atoms with Crippen LogP contribution in [0.4, 0.5) is 13.2 Å². The molecule has 0 spiro atoms. The van der Waals surface area contributed by atoms with Crippen LogP contribution in [0.2, 0.25) is 0 Å². The van der Waals surface area contributed by atoms with Crippen molar-refractivity contribution in [1.29, 1.82) is 0 Å². The number of aryl methyl sites for hydroxylation is 1. The van der Waals surface area contributed by atoms with Crippen LogP contribution < -0.4 is 4.74 Å². The molecule has 0 saturated heterocycles. The number of rotatable bonds is 3. The van der Waals surface area contributed by atoms with Gasteiger partial charge in [-0.15, -0.1) is 24.5 Å². The van der Waals surface area contributed by atoms with Gasteiger partial charge in [-0.1, -0.05) is 0 Å². The molecule has 0 unspecified atom stereocenters. The fraction of sp³-hybridized carbons (Fsp3) is 0.154. The molecule has 7 heteroatoms. The minimum atomic E-state index is -4.73. The number of thiophene rings is 1. The number of carboxylic acids is 1. The molecule has 1 N–H and O–H groups in total. The average Bonchev–Trinajstić information content (AvgIpc) is 2.70. The summed E-state index contributed by atoms with van der Waals surface area (Å²) in [5.41, 5.74) is 1.41. The maximum Gasteiger partial charge on any atom is 0.573 e. The van der Waals surface area contributed by atoms with E-state index < -0.39 is 12.3 Å². The Balaban J connectivity index is 2.28. The second-order valence-electron chi connectivity index (χ2n) is 4.00. The Labute approximate surface area is 116 Å². The van der Waals surface area contributed by atoms with Crippen LogP contribution in [0.3, 0.4) is 0 Å². The predicted molar refractivity (Wildman–Crippen MR) is 68.1 cm³/mol. The van der Waals surface area contributed by atoms with Crippen LogP contribution in [0, 0.1) is 6.92 Å². The van der Waals surface area contributed by atoms with Gasteiger partial charge in [-0.2, -0.15) is 0 Å². The average molecular weight is 302 g/mol. The molecule has 1 heterocycles. The normalized spacial score (nSPS) is 11.4. The summed E-state index contributed by atoms with van der Waals surface area (Å²) in [7, 11) is 0. The van der Waals surface area contributed by atoms with E-state index in [1.165, 1.54) is 30.3 Å². The van der Waals surface area contributed by atoms with Gasteiger partial charge in [-0.3, -0.25) is 0 Å². The van der Waals surface area contributed by atoms with E-state index in [4.69, 9.17) is 5.11 Å². The zero-order chi connectivity index (χ0) is 14.9. The first-order valence-corrected chi connectivity index (χ1v) is 6.28. The van der Waals surface area contributed by atoms with E-state index in [1.54, 1.807) is 6.92 Å². The van der Waals surface area contributed by atoms with Gasteiger partial charge in [0.25, 0.3) is 0 Å². The van der Waals surface area contributed by atoms with Gasteiger partial charge in [0.15, 0.2) is 0 Å². The van der Waals surface area contributed by atoms with Crippen LogP contribution in [0.15, 0.2) is 30.3 Å². The van der Waals surface area contributed by atoms with Crippen molar-refractivity contribution in [1.82, 2.24) is 0 Å². The topological polar surface area (TPSA) is 46.5 Å². The zero-order valence-corrected chi connectivity index (χ0v) is 11.0. The Morgan fingerprint density at radius 2 is 1.85 bits per heavy atom. The summed E-state index contributed by atoms with van der Waals surface area (Å²) < 4.78 is 39.9. The Bertz CT molecular complexity index is 629. The van der Waals surface area contributed by atoms with Crippen LogP contribution in [0.5, 0.6) is 5.75 Å². The highest BCUT2D eigenvalue weighted by molar-refractivity contribution is 7.17. The summed E-state index contributed by atoms with van der Waals surface area (Å²) in [5.74, 6) is -1.34. The summed E-state index contributed by atoms with van der Waals surface area (Å²) in [6.07, 6.45) is -4.73. The van der Waals surface area contributed by atoms with Gasteiger partial charge in [0.05, 0.1) is 0 Å². The molecule has 1 aromatic heterocycles. The molecular formula is C13H9F3O3S. The Morgan fingerprint density at radius 3 is 2.30 bits per heavy atom. The smallest absolute Gasteiger partial charge is 0.477 e. The molecule has 3 nitrogen and oxygen atoms in total. The molecule has 2 rings (SSSR count). The lowest BCUT2D eigenvalue weighted by Crippen LogP contribution is -2.16. The number of aromatic carboxylic acids is 1. The van der Waals surface area contributed by atoms with Crippen molar-refractivity contribution in [3.05, 3.63) is 40.8 Å². The van der Waals surface area contributed by atoms with Gasteiger partial charge < -0.3 is 9.84 Å². The molecule has 2 aromatic rings. The lowest BCUT2D eigenvalue weighted by molar-refractivity contribution is -0.274. The molecule has 0 radical (unpaired) electrons. The van der Waals surface area contributed by atoms with E-state index in [2.05, 4.69) is 4.74 Å². The third-order valence-corrected chi connectivity index (χ3v) is 3.75. The first-order chi connectivity index (χ1) is 9.26. The summed E-state index contributed by atoms with van der Waals surface area (Å²) in [4.78, 5) is 11.8. The number of hydrogen-bond acceptors (Lipinski definition) is 3. The monoisotopic (exact) mass is 302 g/mol. The molecule has 0 saturated carbocycles. The molecule has 106 valence electrons. The van der Waals surface area contributed by atoms with Crippen LogP contribution in [0.25, 0.3) is 10.4 Å². The van der Waals surface area contributed by atoms with E-state index in [9.17, 15) is 18.0 Å². The van der Waals surface area contributed by atoms with Gasteiger partial charge in [0.2, 0.25) is 0 Å². The molecule has 0 aliphatic carbocycles. The highest BCUT2D eigenvalue weighted by atomic mass is 32.1. The maximum atomic E-state index is 12.0. The van der Waals surface area contributed by atoms with Crippen LogP contribution in [0.1, 0.15) is 15.2 Å². The van der Waals surface area contributed by atoms with Crippen LogP contribution >= 0.6 is 11.3 Å². The van der Waals surface area contributed by atoms with Crippen LogP contribution in [-0.4, -0.2) is 17.4 Å². The number of carboxylic acid groups (broad SMARTS) is 1. The SMILES string of the molecule is Cc1cc(C(=O)O)sc1-c1ccc(OC(F)(F)F)cc1. The first kappa shape index (κ1) is 14.4. The number of hydrogen-bond donors (Lipinski definition) is 1. The van der Waals surface area contributed by atoms with Gasteiger partial charge in [-0.25, -0.2) is 4.79 Å². The zero-order valence-electron chi connectivity index (χ0n) is 10.2.